The van der Waals surface area contributed by atoms with Gasteiger partial charge in [-0.3, -0.25) is 4.79 Å². The minimum absolute atomic E-state index is 0. The molecule has 0 spiro atoms. The third kappa shape index (κ3) is 7.86. The van der Waals surface area contributed by atoms with E-state index in [-0.39, 0.29) is 73.3 Å². The summed E-state index contributed by atoms with van der Waals surface area (Å²) in [6.07, 6.45) is 2.98. The van der Waals surface area contributed by atoms with Crippen LogP contribution >= 0.6 is 0 Å². The van der Waals surface area contributed by atoms with E-state index in [0.29, 0.717) is 11.3 Å². The van der Waals surface area contributed by atoms with E-state index in [4.69, 9.17) is 14.9 Å². The number of rotatable bonds is 7. The number of carboxylic acids is 2. The van der Waals surface area contributed by atoms with E-state index in [9.17, 15) is 14.4 Å². The van der Waals surface area contributed by atoms with Crippen molar-refractivity contribution < 1.29 is 91.3 Å². The van der Waals surface area contributed by atoms with Crippen molar-refractivity contribution in [1.29, 1.82) is 0 Å². The van der Waals surface area contributed by atoms with Crippen LogP contribution in [0.3, 0.4) is 0 Å². The molecule has 0 aliphatic rings. The van der Waals surface area contributed by atoms with Crippen molar-refractivity contribution in [3.05, 3.63) is 71.3 Å². The summed E-state index contributed by atoms with van der Waals surface area (Å²) in [5, 5.41) is 17.3. The molecule has 0 amide bonds. The van der Waals surface area contributed by atoms with E-state index in [1.165, 1.54) is 30.3 Å². The number of aliphatic carboxylic acids is 1. The van der Waals surface area contributed by atoms with Crippen LogP contribution in [-0.2, 0) is 4.79 Å². The zero-order valence-corrected chi connectivity index (χ0v) is 18.5. The Kier molecular flexibility index (Phi) is 11.4. The fourth-order valence-corrected chi connectivity index (χ4v) is 1.87. The Morgan fingerprint density at radius 3 is 1.92 bits per heavy atom. The first-order chi connectivity index (χ1) is 11.5. The van der Waals surface area contributed by atoms with Gasteiger partial charge in [0.05, 0.1) is 5.56 Å². The Balaban J connectivity index is -0.00000156. The molecule has 2 aromatic rings. The molecule has 2 aromatic carbocycles. The Hall–Kier alpha value is -1.41. The van der Waals surface area contributed by atoms with Crippen molar-refractivity contribution in [3.63, 3.8) is 0 Å². The average molecular weight is 374 g/mol. The van der Waals surface area contributed by atoms with Crippen LogP contribution in [0.25, 0.3) is 6.08 Å². The van der Waals surface area contributed by atoms with E-state index in [1.54, 1.807) is 30.3 Å². The summed E-state index contributed by atoms with van der Waals surface area (Å²) in [6, 6.07) is 12.3. The predicted molar refractivity (Wildman–Crippen MR) is 88.6 cm³/mol. The van der Waals surface area contributed by atoms with Gasteiger partial charge in [-0.15, -0.1) is 0 Å². The van der Waals surface area contributed by atoms with Gasteiger partial charge in [0.25, 0.3) is 0 Å². The predicted octanol–water partition coefficient (Wildman–Crippen LogP) is -3.02. The molecule has 2 N–H and O–H groups in total. The topological polar surface area (TPSA) is 101 Å². The minimum atomic E-state index is -1.06. The normalized spacial score (nSPS) is 9.69. The summed E-state index contributed by atoms with van der Waals surface area (Å²) >= 11 is 0. The first-order valence-electron chi connectivity index (χ1n) is 6.96. The Bertz CT molecular complexity index is 793. The van der Waals surface area contributed by atoms with Gasteiger partial charge in [-0.05, 0) is 35.9 Å². The van der Waals surface area contributed by atoms with Gasteiger partial charge in [0.1, 0.15) is 5.75 Å². The number of carbonyl (C=O) groups is 3. The molecule has 0 aromatic heterocycles. The molecule has 0 radical (unpaired) electrons. The van der Waals surface area contributed by atoms with E-state index in [1.807, 2.05) is 0 Å². The SMILES string of the molecule is O=C(O)COc1ccc(/C=C/C(=O)c2ccc(C(=O)O)cc2)cc1.[H-].[H-].[Na+].[Na+]. The van der Waals surface area contributed by atoms with Crippen molar-refractivity contribution in [2.45, 2.75) is 0 Å². The molecule has 6 nitrogen and oxygen atoms in total. The van der Waals surface area contributed by atoms with E-state index in [0.717, 1.165) is 5.56 Å². The summed E-state index contributed by atoms with van der Waals surface area (Å²) in [4.78, 5) is 33.2. The second kappa shape index (κ2) is 12.1. The van der Waals surface area contributed by atoms with Crippen LogP contribution < -0.4 is 63.9 Å². The van der Waals surface area contributed by atoms with Crippen LogP contribution in [0.1, 0.15) is 29.1 Å². The third-order valence-corrected chi connectivity index (χ3v) is 3.09. The van der Waals surface area contributed by atoms with Crippen LogP contribution in [0.5, 0.6) is 5.75 Å². The molecule has 0 aliphatic carbocycles. The van der Waals surface area contributed by atoms with Gasteiger partial charge in [-0.2, -0.15) is 0 Å². The van der Waals surface area contributed by atoms with Gasteiger partial charge in [0.15, 0.2) is 12.4 Å². The molecule has 0 bridgehead atoms. The number of aromatic carboxylic acids is 1. The molecule has 0 aliphatic heterocycles. The zero-order chi connectivity index (χ0) is 17.5. The molecule has 0 saturated heterocycles. The maximum Gasteiger partial charge on any atom is 1.00 e. The van der Waals surface area contributed by atoms with Gasteiger partial charge in [0.2, 0.25) is 0 Å². The number of carbonyl (C=O) groups excluding carboxylic acids is 1. The van der Waals surface area contributed by atoms with Crippen LogP contribution in [0.2, 0.25) is 0 Å². The van der Waals surface area contributed by atoms with E-state index in [2.05, 4.69) is 0 Å². The molecule has 26 heavy (non-hydrogen) atoms. The number of carboxylic acid groups (broad SMARTS) is 2. The molecule has 0 heterocycles. The average Bonchev–Trinajstić information content (AvgIpc) is 2.58. The first-order valence-corrected chi connectivity index (χ1v) is 6.96. The van der Waals surface area contributed by atoms with Gasteiger partial charge in [-0.25, -0.2) is 9.59 Å². The van der Waals surface area contributed by atoms with Crippen LogP contribution in [0, 0.1) is 0 Å². The first kappa shape index (κ1) is 24.6. The summed E-state index contributed by atoms with van der Waals surface area (Å²) in [6.45, 7) is -0.417. The molecular weight excluding hydrogens is 358 g/mol. The summed E-state index contributed by atoms with van der Waals surface area (Å²) < 4.78 is 5.01. The van der Waals surface area contributed by atoms with E-state index >= 15 is 0 Å². The smallest absolute Gasteiger partial charge is 1.00 e. The molecule has 8 heteroatoms. The minimum Gasteiger partial charge on any atom is -1.00 e. The monoisotopic (exact) mass is 374 g/mol. The summed E-state index contributed by atoms with van der Waals surface area (Å²) in [5.41, 5.74) is 1.25. The Labute approximate surface area is 197 Å². The van der Waals surface area contributed by atoms with Crippen molar-refractivity contribution in [1.82, 2.24) is 0 Å². The maximum atomic E-state index is 12.0. The number of ketones is 1. The van der Waals surface area contributed by atoms with Gasteiger partial charge in [-0.1, -0.05) is 30.3 Å². The molecule has 0 fully saturated rings. The number of hydrogen-bond acceptors (Lipinski definition) is 4. The van der Waals surface area contributed by atoms with Crippen molar-refractivity contribution in [2.24, 2.45) is 0 Å². The Morgan fingerprint density at radius 1 is 0.885 bits per heavy atom. The summed E-state index contributed by atoms with van der Waals surface area (Å²) in [5.74, 6) is -1.93. The van der Waals surface area contributed by atoms with Gasteiger partial charge in [0, 0.05) is 5.56 Å². The molecule has 0 saturated carbocycles. The van der Waals surface area contributed by atoms with Crippen molar-refractivity contribution in [3.8, 4) is 5.75 Å². The Morgan fingerprint density at radius 2 is 1.42 bits per heavy atom. The number of hydrogen-bond donors (Lipinski definition) is 2. The largest absolute Gasteiger partial charge is 1.00 e. The molecule has 0 unspecified atom stereocenters. The quantitative estimate of drug-likeness (QED) is 0.304. The van der Waals surface area contributed by atoms with Crippen LogP contribution in [0.4, 0.5) is 0 Å². The fraction of sp³-hybridized carbons (Fsp3) is 0.0556. The second-order valence-corrected chi connectivity index (χ2v) is 4.83. The van der Waals surface area contributed by atoms with Gasteiger partial charge >= 0.3 is 71.1 Å². The second-order valence-electron chi connectivity index (χ2n) is 4.83. The van der Waals surface area contributed by atoms with Crippen molar-refractivity contribution >= 4 is 23.8 Å². The third-order valence-electron chi connectivity index (χ3n) is 3.09. The molecule has 0 atom stereocenters. The number of benzene rings is 2. The molecule has 126 valence electrons. The van der Waals surface area contributed by atoms with Crippen LogP contribution in [0.15, 0.2) is 54.6 Å². The summed E-state index contributed by atoms with van der Waals surface area (Å²) in [7, 11) is 0. The number of allylic oxidation sites excluding steroid dienone is 1. The standard InChI is InChI=1S/C18H14O6.2Na.2H/c19-16(13-4-6-14(7-5-13)18(22)23)10-3-12-1-8-15(9-2-12)24-11-17(20)21;;;;/h1-10H,11H2,(H,20,21)(H,22,23);;;;/q;2*+1;2*-1/b10-3+;;;;. The molecule has 2 rings (SSSR count). The van der Waals surface area contributed by atoms with Crippen LogP contribution in [-0.4, -0.2) is 34.5 Å². The van der Waals surface area contributed by atoms with E-state index < -0.39 is 18.5 Å². The van der Waals surface area contributed by atoms with Gasteiger partial charge < -0.3 is 17.8 Å². The fourth-order valence-electron chi connectivity index (χ4n) is 1.87. The zero-order valence-electron chi connectivity index (χ0n) is 16.5. The maximum absolute atomic E-state index is 12.0. The number of ether oxygens (including phenoxy) is 1. The molecular formula is C18H16Na2O6. The van der Waals surface area contributed by atoms with Crippen molar-refractivity contribution in [2.75, 3.05) is 6.61 Å².